The van der Waals surface area contributed by atoms with E-state index in [9.17, 15) is 9.59 Å². The molecule has 0 spiro atoms. The molecule has 0 saturated heterocycles. The first kappa shape index (κ1) is 17.2. The van der Waals surface area contributed by atoms with E-state index in [4.69, 9.17) is 0 Å². The van der Waals surface area contributed by atoms with E-state index in [1.165, 1.54) is 0 Å². The predicted molar refractivity (Wildman–Crippen MR) is 86.2 cm³/mol. The van der Waals surface area contributed by atoms with E-state index in [-0.39, 0.29) is 0 Å². The molecular weight excluding hydrogens is 264 g/mol. The van der Waals surface area contributed by atoms with Gasteiger partial charge in [-0.05, 0) is 37.5 Å². The fourth-order valence-corrected chi connectivity index (χ4v) is 2.06. The van der Waals surface area contributed by atoms with Gasteiger partial charge < -0.3 is 10.2 Å². The van der Waals surface area contributed by atoms with Crippen LogP contribution < -0.4 is 5.32 Å². The molecule has 0 bridgehead atoms. The van der Waals surface area contributed by atoms with E-state index < -0.39 is 11.8 Å². The second-order valence-electron chi connectivity index (χ2n) is 5.32. The van der Waals surface area contributed by atoms with Gasteiger partial charge in [-0.3, -0.25) is 9.59 Å². The number of nitrogens with one attached hydrogen (secondary N) is 1. The van der Waals surface area contributed by atoms with Crippen LogP contribution in [0.3, 0.4) is 0 Å². The summed E-state index contributed by atoms with van der Waals surface area (Å²) in [5, 5.41) is 2.69. The monoisotopic (exact) mass is 290 g/mol. The Morgan fingerprint density at radius 2 is 1.71 bits per heavy atom. The summed E-state index contributed by atoms with van der Waals surface area (Å²) < 4.78 is 0. The van der Waals surface area contributed by atoms with Gasteiger partial charge in [0, 0.05) is 18.8 Å². The summed E-state index contributed by atoms with van der Waals surface area (Å²) in [5.74, 6) is -0.980. The minimum Gasteiger partial charge on any atom is -0.334 e. The Hall–Kier alpha value is -1.84. The third kappa shape index (κ3) is 5.98. The number of hydrogen-bond donors (Lipinski definition) is 1. The predicted octanol–water partition coefficient (Wildman–Crippen LogP) is 3.36. The van der Waals surface area contributed by atoms with Crippen molar-refractivity contribution in [2.75, 3.05) is 18.4 Å². The fraction of sp³-hybridized carbons (Fsp3) is 0.529. The van der Waals surface area contributed by atoms with Gasteiger partial charge in [0.15, 0.2) is 0 Å². The van der Waals surface area contributed by atoms with Gasteiger partial charge in [0.2, 0.25) is 0 Å². The van der Waals surface area contributed by atoms with Gasteiger partial charge in [0.25, 0.3) is 0 Å². The number of carbonyl (C=O) groups is 2. The minimum atomic E-state index is -0.548. The quantitative estimate of drug-likeness (QED) is 0.783. The van der Waals surface area contributed by atoms with Crippen molar-refractivity contribution in [1.82, 2.24) is 4.90 Å². The maximum absolute atomic E-state index is 12.3. The fourth-order valence-electron chi connectivity index (χ4n) is 2.06. The Morgan fingerprint density at radius 1 is 1.10 bits per heavy atom. The molecule has 0 unspecified atom stereocenters. The molecule has 0 aromatic heterocycles. The zero-order valence-electron chi connectivity index (χ0n) is 13.3. The second kappa shape index (κ2) is 9.16. The molecule has 116 valence electrons. The van der Waals surface area contributed by atoms with Crippen molar-refractivity contribution < 1.29 is 9.59 Å². The average Bonchev–Trinajstić information content (AvgIpc) is 2.47. The summed E-state index contributed by atoms with van der Waals surface area (Å²) in [6.07, 6.45) is 3.87. The molecule has 1 aromatic carbocycles. The van der Waals surface area contributed by atoms with Gasteiger partial charge >= 0.3 is 11.8 Å². The second-order valence-corrected chi connectivity index (χ2v) is 5.32. The molecule has 1 aromatic rings. The molecule has 1 N–H and O–H groups in total. The molecule has 1 rings (SSSR count). The Kier molecular flexibility index (Phi) is 7.51. The van der Waals surface area contributed by atoms with E-state index in [0.717, 1.165) is 31.2 Å². The molecule has 0 atom stereocenters. The average molecular weight is 290 g/mol. The number of aryl methyl sites for hydroxylation is 1. The van der Waals surface area contributed by atoms with Crippen molar-refractivity contribution in [2.24, 2.45) is 0 Å². The number of unbranched alkanes of at least 4 members (excludes halogenated alkanes) is 2. The smallest absolute Gasteiger partial charge is 0.313 e. The lowest BCUT2D eigenvalue weighted by Gasteiger charge is -2.21. The van der Waals surface area contributed by atoms with Crippen molar-refractivity contribution in [1.29, 1.82) is 0 Å². The molecule has 0 saturated carbocycles. The molecule has 4 heteroatoms. The Balaban J connectivity index is 2.65. The third-order valence-electron chi connectivity index (χ3n) is 3.32. The molecular formula is C17H26N2O2. The molecule has 21 heavy (non-hydrogen) atoms. The molecule has 0 fully saturated rings. The summed E-state index contributed by atoms with van der Waals surface area (Å²) in [4.78, 5) is 26.0. The van der Waals surface area contributed by atoms with Gasteiger partial charge in [0.05, 0.1) is 0 Å². The molecule has 0 aliphatic carbocycles. The van der Waals surface area contributed by atoms with Crippen LogP contribution in [0.1, 0.15) is 45.1 Å². The van der Waals surface area contributed by atoms with Gasteiger partial charge in [-0.15, -0.1) is 0 Å². The van der Waals surface area contributed by atoms with Crippen LogP contribution >= 0.6 is 0 Å². The number of nitrogens with zero attached hydrogens (tertiary/aromatic N) is 1. The normalized spacial score (nSPS) is 10.2. The Morgan fingerprint density at radius 3 is 2.24 bits per heavy atom. The first-order valence-corrected chi connectivity index (χ1v) is 7.75. The van der Waals surface area contributed by atoms with Gasteiger partial charge in [-0.1, -0.05) is 38.8 Å². The number of hydrogen-bond acceptors (Lipinski definition) is 2. The standard InChI is InChI=1S/C17H26N2O2/c1-4-6-11-19(12-7-5-2)17(21)16(20)18-15-10-8-9-14(3)13-15/h8-10,13H,4-7,11-12H2,1-3H3,(H,18,20). The van der Waals surface area contributed by atoms with Crippen molar-refractivity contribution in [2.45, 2.75) is 46.5 Å². The van der Waals surface area contributed by atoms with E-state index in [1.807, 2.05) is 25.1 Å². The SMILES string of the molecule is CCCCN(CCCC)C(=O)C(=O)Nc1cccc(C)c1. The van der Waals surface area contributed by atoms with Crippen LogP contribution in [0.25, 0.3) is 0 Å². The summed E-state index contributed by atoms with van der Waals surface area (Å²) in [5.41, 5.74) is 1.72. The van der Waals surface area contributed by atoms with Crippen LogP contribution in [0.5, 0.6) is 0 Å². The number of carbonyl (C=O) groups excluding carboxylic acids is 2. The van der Waals surface area contributed by atoms with E-state index in [2.05, 4.69) is 19.2 Å². The largest absolute Gasteiger partial charge is 0.334 e. The highest BCUT2D eigenvalue weighted by Crippen LogP contribution is 2.10. The molecule has 0 aliphatic heterocycles. The molecule has 0 heterocycles. The highest BCUT2D eigenvalue weighted by molar-refractivity contribution is 6.39. The molecule has 4 nitrogen and oxygen atoms in total. The van der Waals surface area contributed by atoms with Crippen LogP contribution in [0.2, 0.25) is 0 Å². The molecule has 2 amide bonds. The first-order chi connectivity index (χ1) is 10.1. The van der Waals surface area contributed by atoms with E-state index in [0.29, 0.717) is 18.8 Å². The van der Waals surface area contributed by atoms with E-state index >= 15 is 0 Å². The van der Waals surface area contributed by atoms with E-state index in [1.54, 1.807) is 11.0 Å². The lowest BCUT2D eigenvalue weighted by molar-refractivity contribution is -0.143. The number of benzene rings is 1. The van der Waals surface area contributed by atoms with Crippen molar-refractivity contribution >= 4 is 17.5 Å². The van der Waals surface area contributed by atoms with Crippen LogP contribution in [0.15, 0.2) is 24.3 Å². The summed E-state index contributed by atoms with van der Waals surface area (Å²) >= 11 is 0. The Labute approximate surface area is 127 Å². The van der Waals surface area contributed by atoms with Crippen LogP contribution in [-0.2, 0) is 9.59 Å². The van der Waals surface area contributed by atoms with Gasteiger partial charge in [0.1, 0.15) is 0 Å². The topological polar surface area (TPSA) is 49.4 Å². The minimum absolute atomic E-state index is 0.432. The summed E-state index contributed by atoms with van der Waals surface area (Å²) in [6.45, 7) is 7.41. The summed E-state index contributed by atoms with van der Waals surface area (Å²) in [6, 6.07) is 7.46. The number of anilines is 1. The first-order valence-electron chi connectivity index (χ1n) is 7.75. The van der Waals surface area contributed by atoms with Gasteiger partial charge in [-0.25, -0.2) is 0 Å². The highest BCUT2D eigenvalue weighted by Gasteiger charge is 2.21. The van der Waals surface area contributed by atoms with Crippen molar-refractivity contribution in [3.8, 4) is 0 Å². The lowest BCUT2D eigenvalue weighted by atomic mass is 10.2. The Bertz CT molecular complexity index is 464. The highest BCUT2D eigenvalue weighted by atomic mass is 16.2. The van der Waals surface area contributed by atoms with Gasteiger partial charge in [-0.2, -0.15) is 0 Å². The zero-order chi connectivity index (χ0) is 15.7. The number of amides is 2. The maximum atomic E-state index is 12.3. The van der Waals surface area contributed by atoms with Crippen molar-refractivity contribution in [3.63, 3.8) is 0 Å². The zero-order valence-corrected chi connectivity index (χ0v) is 13.3. The third-order valence-corrected chi connectivity index (χ3v) is 3.32. The van der Waals surface area contributed by atoms with Crippen molar-refractivity contribution in [3.05, 3.63) is 29.8 Å². The molecule has 0 aliphatic rings. The van der Waals surface area contributed by atoms with Crippen LogP contribution in [-0.4, -0.2) is 29.8 Å². The molecule has 0 radical (unpaired) electrons. The lowest BCUT2D eigenvalue weighted by Crippen LogP contribution is -2.40. The number of rotatable bonds is 7. The maximum Gasteiger partial charge on any atom is 0.313 e. The van der Waals surface area contributed by atoms with Crippen LogP contribution in [0, 0.1) is 6.92 Å². The summed E-state index contributed by atoms with van der Waals surface area (Å²) in [7, 11) is 0. The van der Waals surface area contributed by atoms with Crippen LogP contribution in [0.4, 0.5) is 5.69 Å².